The van der Waals surface area contributed by atoms with Crippen LogP contribution in [0.15, 0.2) is 76.2 Å². The highest BCUT2D eigenvalue weighted by Crippen LogP contribution is 2.20. The Morgan fingerprint density at radius 2 is 1.90 bits per heavy atom. The number of carbonyl (C=O) groups is 1. The van der Waals surface area contributed by atoms with Gasteiger partial charge in [0.05, 0.1) is 35.9 Å². The van der Waals surface area contributed by atoms with E-state index in [1.807, 2.05) is 13.0 Å². The van der Waals surface area contributed by atoms with E-state index in [1.54, 1.807) is 42.5 Å². The molecule has 29 heavy (non-hydrogen) atoms. The molecule has 0 aliphatic rings. The van der Waals surface area contributed by atoms with Crippen LogP contribution in [0.25, 0.3) is 0 Å². The second kappa shape index (κ2) is 8.73. The number of rotatable bonds is 7. The Kier molecular flexibility index (Phi) is 6.12. The molecule has 0 radical (unpaired) electrons. The fraction of sp³-hybridized carbons (Fsp3) is 0.143. The maximum absolute atomic E-state index is 13.1. The molecule has 0 aliphatic heterocycles. The molecular weight excluding hydrogens is 390 g/mol. The number of benzene rings is 2. The molecule has 0 unspecified atom stereocenters. The van der Waals surface area contributed by atoms with Crippen LogP contribution in [0.4, 0.5) is 5.69 Å². The van der Waals surface area contributed by atoms with Crippen LogP contribution in [-0.4, -0.2) is 25.2 Å². The first-order valence-electron chi connectivity index (χ1n) is 8.78. The molecular formula is C21H19N3O4S. The van der Waals surface area contributed by atoms with Gasteiger partial charge in [0.1, 0.15) is 5.76 Å². The molecule has 0 atom stereocenters. The monoisotopic (exact) mass is 409 g/mol. The van der Waals surface area contributed by atoms with Crippen molar-refractivity contribution in [2.24, 2.45) is 0 Å². The van der Waals surface area contributed by atoms with Crippen molar-refractivity contribution in [1.82, 2.24) is 4.31 Å². The molecule has 0 spiro atoms. The number of furan rings is 1. The van der Waals surface area contributed by atoms with E-state index >= 15 is 0 Å². The quantitative estimate of drug-likeness (QED) is 0.645. The van der Waals surface area contributed by atoms with Gasteiger partial charge in [-0.2, -0.15) is 9.57 Å². The summed E-state index contributed by atoms with van der Waals surface area (Å²) in [5.74, 6) is -0.109. The van der Waals surface area contributed by atoms with Crippen LogP contribution in [0.5, 0.6) is 0 Å². The van der Waals surface area contributed by atoms with Gasteiger partial charge in [-0.1, -0.05) is 23.8 Å². The summed E-state index contributed by atoms with van der Waals surface area (Å²) in [5.41, 5.74) is 1.74. The Morgan fingerprint density at radius 1 is 1.14 bits per heavy atom. The lowest BCUT2D eigenvalue weighted by Gasteiger charge is -2.21. The minimum Gasteiger partial charge on any atom is -0.468 e. The molecule has 3 rings (SSSR count). The minimum atomic E-state index is -3.93. The minimum absolute atomic E-state index is 0.0884. The second-order valence-corrected chi connectivity index (χ2v) is 8.34. The molecule has 3 aromatic rings. The van der Waals surface area contributed by atoms with Gasteiger partial charge in [0, 0.05) is 5.69 Å². The predicted molar refractivity (Wildman–Crippen MR) is 107 cm³/mol. The zero-order valence-corrected chi connectivity index (χ0v) is 16.5. The molecule has 1 amide bonds. The molecule has 1 heterocycles. The summed E-state index contributed by atoms with van der Waals surface area (Å²) < 4.78 is 32.6. The number of anilines is 1. The number of nitriles is 1. The summed E-state index contributed by atoms with van der Waals surface area (Å²) in [6, 6.07) is 18.1. The van der Waals surface area contributed by atoms with Crippen LogP contribution in [0.2, 0.25) is 0 Å². The molecule has 1 aromatic heterocycles. The lowest BCUT2D eigenvalue weighted by Crippen LogP contribution is -2.37. The summed E-state index contributed by atoms with van der Waals surface area (Å²) in [5, 5.41) is 11.6. The summed E-state index contributed by atoms with van der Waals surface area (Å²) >= 11 is 0. The molecule has 0 saturated carbocycles. The summed E-state index contributed by atoms with van der Waals surface area (Å²) in [4.78, 5) is 12.6. The van der Waals surface area contributed by atoms with Crippen molar-refractivity contribution in [1.29, 1.82) is 5.26 Å². The highest BCUT2D eigenvalue weighted by atomic mass is 32.2. The predicted octanol–water partition coefficient (Wildman–Crippen LogP) is 3.29. The molecule has 8 heteroatoms. The Balaban J connectivity index is 1.84. The fourth-order valence-corrected chi connectivity index (χ4v) is 4.05. The Labute approximate surface area is 169 Å². The number of hydrogen-bond acceptors (Lipinski definition) is 5. The smallest absolute Gasteiger partial charge is 0.243 e. The van der Waals surface area contributed by atoms with E-state index in [0.29, 0.717) is 17.0 Å². The van der Waals surface area contributed by atoms with E-state index in [-0.39, 0.29) is 11.4 Å². The van der Waals surface area contributed by atoms with Crippen molar-refractivity contribution in [2.45, 2.75) is 18.4 Å². The number of aryl methyl sites for hydroxylation is 1. The van der Waals surface area contributed by atoms with Crippen LogP contribution in [0.3, 0.4) is 0 Å². The zero-order valence-electron chi connectivity index (χ0n) is 15.7. The van der Waals surface area contributed by atoms with E-state index in [9.17, 15) is 13.2 Å². The van der Waals surface area contributed by atoms with Crippen molar-refractivity contribution in [3.8, 4) is 6.07 Å². The van der Waals surface area contributed by atoms with E-state index in [0.717, 1.165) is 9.87 Å². The maximum Gasteiger partial charge on any atom is 0.243 e. The van der Waals surface area contributed by atoms with Gasteiger partial charge in [0.15, 0.2) is 0 Å². The molecule has 0 bridgehead atoms. The van der Waals surface area contributed by atoms with Gasteiger partial charge in [0.2, 0.25) is 15.9 Å². The number of sulfonamides is 1. The number of amides is 1. The van der Waals surface area contributed by atoms with Gasteiger partial charge < -0.3 is 9.73 Å². The number of nitrogens with one attached hydrogen (secondary N) is 1. The largest absolute Gasteiger partial charge is 0.468 e. The molecule has 148 valence electrons. The van der Waals surface area contributed by atoms with Gasteiger partial charge in [-0.05, 0) is 49.4 Å². The van der Waals surface area contributed by atoms with Crippen molar-refractivity contribution in [3.05, 3.63) is 83.8 Å². The molecule has 2 aromatic carbocycles. The van der Waals surface area contributed by atoms with Crippen LogP contribution >= 0.6 is 0 Å². The Hall–Kier alpha value is -3.41. The summed E-state index contributed by atoms with van der Waals surface area (Å²) in [6.07, 6.45) is 1.44. The standard InChI is InChI=1S/C21H19N3O4S/c1-16-7-9-20(10-8-16)29(26,27)24(14-19-6-3-11-28-19)15-21(25)23-18-5-2-4-17(12-18)13-22/h2-12H,14-15H2,1H3,(H,23,25). The van der Waals surface area contributed by atoms with Gasteiger partial charge in [-0.15, -0.1) is 0 Å². The number of hydrogen-bond donors (Lipinski definition) is 1. The first-order valence-corrected chi connectivity index (χ1v) is 10.2. The normalized spacial score (nSPS) is 11.2. The van der Waals surface area contributed by atoms with Crippen molar-refractivity contribution in [3.63, 3.8) is 0 Å². The van der Waals surface area contributed by atoms with Gasteiger partial charge in [-0.25, -0.2) is 8.42 Å². The third-order valence-electron chi connectivity index (χ3n) is 4.17. The SMILES string of the molecule is Cc1ccc(S(=O)(=O)N(CC(=O)Nc2cccc(C#N)c2)Cc2ccco2)cc1. The van der Waals surface area contributed by atoms with Gasteiger partial charge in [-0.3, -0.25) is 4.79 Å². The molecule has 0 saturated heterocycles. The van der Waals surface area contributed by atoms with E-state index in [2.05, 4.69) is 5.32 Å². The zero-order chi connectivity index (χ0) is 20.9. The summed E-state index contributed by atoms with van der Waals surface area (Å²) in [6.45, 7) is 1.36. The van der Waals surface area contributed by atoms with Crippen LogP contribution in [-0.2, 0) is 21.4 Å². The molecule has 1 N–H and O–H groups in total. The van der Waals surface area contributed by atoms with E-state index in [1.165, 1.54) is 24.5 Å². The highest BCUT2D eigenvalue weighted by Gasteiger charge is 2.27. The molecule has 0 aliphatic carbocycles. The topological polar surface area (TPSA) is 103 Å². The van der Waals surface area contributed by atoms with Crippen LogP contribution < -0.4 is 5.32 Å². The third-order valence-corrected chi connectivity index (χ3v) is 5.97. The van der Waals surface area contributed by atoms with Crippen molar-refractivity contribution in [2.75, 3.05) is 11.9 Å². The van der Waals surface area contributed by atoms with Gasteiger partial charge >= 0.3 is 0 Å². The lowest BCUT2D eigenvalue weighted by molar-refractivity contribution is -0.116. The van der Waals surface area contributed by atoms with E-state index in [4.69, 9.17) is 9.68 Å². The Morgan fingerprint density at radius 3 is 2.55 bits per heavy atom. The summed E-state index contributed by atoms with van der Waals surface area (Å²) in [7, 11) is -3.93. The first-order chi connectivity index (χ1) is 13.9. The first kappa shape index (κ1) is 20.3. The maximum atomic E-state index is 13.1. The van der Waals surface area contributed by atoms with Crippen LogP contribution in [0, 0.1) is 18.3 Å². The van der Waals surface area contributed by atoms with Crippen LogP contribution in [0.1, 0.15) is 16.9 Å². The molecule has 7 nitrogen and oxygen atoms in total. The highest BCUT2D eigenvalue weighted by molar-refractivity contribution is 7.89. The van der Waals surface area contributed by atoms with Crippen molar-refractivity contribution < 1.29 is 17.6 Å². The van der Waals surface area contributed by atoms with Crippen molar-refractivity contribution >= 4 is 21.6 Å². The number of nitrogens with zero attached hydrogens (tertiary/aromatic N) is 2. The lowest BCUT2D eigenvalue weighted by atomic mass is 10.2. The average Bonchev–Trinajstić information content (AvgIpc) is 3.21. The number of carbonyl (C=O) groups excluding carboxylic acids is 1. The fourth-order valence-electron chi connectivity index (χ4n) is 2.69. The van der Waals surface area contributed by atoms with E-state index < -0.39 is 22.5 Å². The molecule has 0 fully saturated rings. The Bertz CT molecular complexity index is 1130. The average molecular weight is 409 g/mol. The third kappa shape index (κ3) is 5.10. The second-order valence-electron chi connectivity index (χ2n) is 6.41. The van der Waals surface area contributed by atoms with Gasteiger partial charge in [0.25, 0.3) is 0 Å².